The van der Waals surface area contributed by atoms with E-state index in [2.05, 4.69) is 0 Å². The third-order valence-corrected chi connectivity index (χ3v) is 2.78. The van der Waals surface area contributed by atoms with Gasteiger partial charge in [-0.1, -0.05) is 30.3 Å². The highest BCUT2D eigenvalue weighted by molar-refractivity contribution is 6.05. The summed E-state index contributed by atoms with van der Waals surface area (Å²) in [6.45, 7) is 0. The summed E-state index contributed by atoms with van der Waals surface area (Å²) in [6.07, 6.45) is 0. The Balaban J connectivity index is 2.27. The minimum atomic E-state index is -1.96. The van der Waals surface area contributed by atoms with Gasteiger partial charge < -0.3 is 15.5 Å². The lowest BCUT2D eigenvalue weighted by atomic mass is 10.1. The van der Waals surface area contributed by atoms with Crippen molar-refractivity contribution < 1.29 is 24.6 Å². The van der Waals surface area contributed by atoms with Gasteiger partial charge in [0.25, 0.3) is 5.91 Å². The van der Waals surface area contributed by atoms with Crippen LogP contribution in [0.5, 0.6) is 0 Å². The van der Waals surface area contributed by atoms with Crippen molar-refractivity contribution in [2.75, 3.05) is 0 Å². The van der Waals surface area contributed by atoms with Gasteiger partial charge in [-0.15, -0.1) is 0 Å². The first-order chi connectivity index (χ1) is 9.49. The van der Waals surface area contributed by atoms with Crippen LogP contribution in [0.4, 0.5) is 0 Å². The van der Waals surface area contributed by atoms with E-state index >= 15 is 0 Å². The Morgan fingerprint density at radius 1 is 0.900 bits per heavy atom. The van der Waals surface area contributed by atoms with Crippen LogP contribution in [0.3, 0.4) is 0 Å². The zero-order chi connectivity index (χ0) is 14.7. The highest BCUT2D eigenvalue weighted by Gasteiger charge is 2.27. The summed E-state index contributed by atoms with van der Waals surface area (Å²) in [5.41, 5.74) is 0.205. The molecule has 0 spiro atoms. The molecular weight excluding hydrogens is 262 g/mol. The molecule has 2 aromatic rings. The second-order valence-electron chi connectivity index (χ2n) is 4.14. The van der Waals surface area contributed by atoms with Crippen molar-refractivity contribution >= 4 is 28.6 Å². The highest BCUT2D eigenvalue weighted by Crippen LogP contribution is 2.15. The first kappa shape index (κ1) is 13.5. The number of hydrogen-bond donors (Lipinski definition) is 3. The van der Waals surface area contributed by atoms with Crippen molar-refractivity contribution in [1.29, 1.82) is 0 Å². The van der Waals surface area contributed by atoms with Crippen LogP contribution < -0.4 is 5.32 Å². The Labute approximate surface area is 113 Å². The van der Waals surface area contributed by atoms with Gasteiger partial charge in [0.05, 0.1) is 0 Å². The maximum Gasteiger partial charge on any atom is 0.338 e. The number of fused-ring (bicyclic) bond motifs is 1. The molecule has 0 saturated heterocycles. The fraction of sp³-hybridized carbons (Fsp3) is 0.0714. The van der Waals surface area contributed by atoms with Crippen LogP contribution in [0.2, 0.25) is 0 Å². The molecule has 20 heavy (non-hydrogen) atoms. The number of benzene rings is 2. The van der Waals surface area contributed by atoms with Crippen molar-refractivity contribution in [2.24, 2.45) is 0 Å². The van der Waals surface area contributed by atoms with Crippen molar-refractivity contribution in [3.8, 4) is 0 Å². The van der Waals surface area contributed by atoms with Gasteiger partial charge in [0.15, 0.2) is 0 Å². The molecule has 6 heteroatoms. The largest absolute Gasteiger partial charge is 0.479 e. The molecule has 6 nitrogen and oxygen atoms in total. The number of amides is 1. The fourth-order valence-electron chi connectivity index (χ4n) is 1.77. The molecule has 0 aromatic heterocycles. The lowest BCUT2D eigenvalue weighted by Crippen LogP contribution is -2.46. The summed E-state index contributed by atoms with van der Waals surface area (Å²) in [7, 11) is 0. The predicted molar refractivity (Wildman–Crippen MR) is 70.5 cm³/mol. The zero-order valence-electron chi connectivity index (χ0n) is 10.2. The van der Waals surface area contributed by atoms with Crippen LogP contribution in [-0.2, 0) is 9.59 Å². The van der Waals surface area contributed by atoms with Gasteiger partial charge >= 0.3 is 11.9 Å². The van der Waals surface area contributed by atoms with Crippen LogP contribution in [0.1, 0.15) is 10.4 Å². The number of carboxylic acid groups (broad SMARTS) is 2. The van der Waals surface area contributed by atoms with E-state index < -0.39 is 23.9 Å². The smallest absolute Gasteiger partial charge is 0.338 e. The average Bonchev–Trinajstić information content (AvgIpc) is 2.43. The first-order valence-electron chi connectivity index (χ1n) is 5.74. The molecule has 2 aromatic carbocycles. The predicted octanol–water partition coefficient (Wildman–Crippen LogP) is 1.11. The Bertz CT molecular complexity index is 681. The number of nitrogens with one attached hydrogen (secondary N) is 1. The van der Waals surface area contributed by atoms with Gasteiger partial charge in [-0.05, 0) is 22.9 Å². The molecule has 0 aliphatic heterocycles. The lowest BCUT2D eigenvalue weighted by molar-refractivity contribution is -0.150. The Morgan fingerprint density at radius 3 is 2.10 bits per heavy atom. The van der Waals surface area contributed by atoms with Gasteiger partial charge in [-0.3, -0.25) is 4.79 Å². The van der Waals surface area contributed by atoms with E-state index in [1.165, 1.54) is 6.07 Å². The van der Waals surface area contributed by atoms with Gasteiger partial charge in [0.1, 0.15) is 0 Å². The van der Waals surface area contributed by atoms with Crippen LogP contribution in [0.15, 0.2) is 42.5 Å². The van der Waals surface area contributed by atoms with Gasteiger partial charge in [0, 0.05) is 5.56 Å². The van der Waals surface area contributed by atoms with E-state index in [4.69, 9.17) is 10.2 Å². The van der Waals surface area contributed by atoms with Gasteiger partial charge in [0.2, 0.25) is 6.04 Å². The number of rotatable bonds is 4. The minimum Gasteiger partial charge on any atom is -0.479 e. The van der Waals surface area contributed by atoms with E-state index in [-0.39, 0.29) is 5.56 Å². The number of carbonyl (C=O) groups is 3. The van der Waals surface area contributed by atoms with E-state index in [1.54, 1.807) is 24.3 Å². The monoisotopic (exact) mass is 273 g/mol. The van der Waals surface area contributed by atoms with Gasteiger partial charge in [-0.2, -0.15) is 0 Å². The first-order valence-corrected chi connectivity index (χ1v) is 5.74. The Morgan fingerprint density at radius 2 is 1.50 bits per heavy atom. The number of carbonyl (C=O) groups excluding carboxylic acids is 1. The van der Waals surface area contributed by atoms with Crippen LogP contribution in [0, 0.1) is 0 Å². The molecule has 0 bridgehead atoms. The minimum absolute atomic E-state index is 0.205. The number of aliphatic carboxylic acids is 2. The average molecular weight is 273 g/mol. The summed E-state index contributed by atoms with van der Waals surface area (Å²) in [5.74, 6) is -3.98. The summed E-state index contributed by atoms with van der Waals surface area (Å²) < 4.78 is 0. The Kier molecular flexibility index (Phi) is 3.65. The fourth-order valence-corrected chi connectivity index (χ4v) is 1.77. The molecule has 0 radical (unpaired) electrons. The summed E-state index contributed by atoms with van der Waals surface area (Å²) >= 11 is 0. The number of hydrogen-bond acceptors (Lipinski definition) is 3. The maximum absolute atomic E-state index is 11.9. The SMILES string of the molecule is O=C(NC(C(=O)O)C(=O)O)c1ccc2ccccc2c1. The number of carboxylic acids is 2. The third kappa shape index (κ3) is 2.74. The normalized spacial score (nSPS) is 10.4. The molecule has 3 N–H and O–H groups in total. The molecule has 0 unspecified atom stereocenters. The molecule has 0 saturated carbocycles. The molecule has 0 heterocycles. The van der Waals surface area contributed by atoms with E-state index in [9.17, 15) is 14.4 Å². The molecule has 0 atom stereocenters. The zero-order valence-corrected chi connectivity index (χ0v) is 10.2. The lowest BCUT2D eigenvalue weighted by Gasteiger charge is -2.10. The molecular formula is C14H11NO5. The van der Waals surface area contributed by atoms with Crippen molar-refractivity contribution in [1.82, 2.24) is 5.32 Å². The van der Waals surface area contributed by atoms with Gasteiger partial charge in [-0.25, -0.2) is 9.59 Å². The van der Waals surface area contributed by atoms with Crippen LogP contribution in [-0.4, -0.2) is 34.1 Å². The van der Waals surface area contributed by atoms with Crippen molar-refractivity contribution in [3.63, 3.8) is 0 Å². The van der Waals surface area contributed by atoms with Crippen molar-refractivity contribution in [2.45, 2.75) is 6.04 Å². The highest BCUT2D eigenvalue weighted by atomic mass is 16.4. The van der Waals surface area contributed by atoms with Crippen molar-refractivity contribution in [3.05, 3.63) is 48.0 Å². The molecule has 1 amide bonds. The topological polar surface area (TPSA) is 104 Å². The second kappa shape index (κ2) is 5.40. The Hall–Kier alpha value is -2.89. The van der Waals surface area contributed by atoms with E-state index in [0.717, 1.165) is 10.8 Å². The molecule has 102 valence electrons. The molecule has 2 rings (SSSR count). The maximum atomic E-state index is 11.9. The van der Waals surface area contributed by atoms with E-state index in [0.29, 0.717) is 0 Å². The third-order valence-electron chi connectivity index (χ3n) is 2.78. The second-order valence-corrected chi connectivity index (χ2v) is 4.14. The van der Waals surface area contributed by atoms with Crippen LogP contribution in [0.25, 0.3) is 10.8 Å². The quantitative estimate of drug-likeness (QED) is 0.724. The molecule has 0 aliphatic rings. The standard InChI is InChI=1S/C14H11NO5/c16-12(15-11(13(17)18)14(19)20)10-6-5-8-3-1-2-4-9(8)7-10/h1-7,11H,(H,15,16)(H,17,18)(H,19,20). The molecule has 0 fully saturated rings. The van der Waals surface area contributed by atoms with Crippen LogP contribution >= 0.6 is 0 Å². The van der Waals surface area contributed by atoms with E-state index in [1.807, 2.05) is 17.4 Å². The summed E-state index contributed by atoms with van der Waals surface area (Å²) in [6, 6.07) is 10.2. The summed E-state index contributed by atoms with van der Waals surface area (Å²) in [5, 5.41) is 21.1. The molecule has 0 aliphatic carbocycles. The summed E-state index contributed by atoms with van der Waals surface area (Å²) in [4.78, 5) is 33.3.